The van der Waals surface area contributed by atoms with Gasteiger partial charge >= 0.3 is 17.3 Å². The van der Waals surface area contributed by atoms with Crippen molar-refractivity contribution in [2.24, 2.45) is 0 Å². The summed E-state index contributed by atoms with van der Waals surface area (Å²) >= 11 is -2.71. The number of ether oxygens (including phenoxy) is 2. The zero-order valence-electron chi connectivity index (χ0n) is 14.5. The van der Waals surface area contributed by atoms with Gasteiger partial charge in [0.2, 0.25) is 0 Å². The molecule has 0 aromatic heterocycles. The Morgan fingerprint density at radius 2 is 1.69 bits per heavy atom. The molecule has 3 aromatic carbocycles. The van der Waals surface area contributed by atoms with Crippen LogP contribution < -0.4 is 8.92 Å². The second-order valence-electron chi connectivity index (χ2n) is 6.52. The summed E-state index contributed by atoms with van der Waals surface area (Å²) in [7, 11) is 0. The molecule has 2 aliphatic rings. The van der Waals surface area contributed by atoms with Crippen molar-refractivity contribution in [1.29, 1.82) is 0 Å². The van der Waals surface area contributed by atoms with Crippen LogP contribution in [0.1, 0.15) is 27.0 Å². The van der Waals surface area contributed by atoms with Crippen LogP contribution >= 0.6 is 0 Å². The minimum atomic E-state index is -2.71. The van der Waals surface area contributed by atoms with Crippen molar-refractivity contribution < 1.29 is 37.4 Å². The van der Waals surface area contributed by atoms with Gasteiger partial charge in [0, 0.05) is 29.3 Å². The van der Waals surface area contributed by atoms with Crippen molar-refractivity contribution in [1.82, 2.24) is 0 Å². The van der Waals surface area contributed by atoms with E-state index in [1.165, 1.54) is 24.3 Å². The zero-order valence-corrected chi connectivity index (χ0v) is 15.3. The lowest BCUT2D eigenvalue weighted by molar-refractivity contribution is 0.0220. The van der Waals surface area contributed by atoms with E-state index in [4.69, 9.17) is 13.7 Å². The molecule has 29 heavy (non-hydrogen) atoms. The monoisotopic (exact) mass is 412 g/mol. The third-order valence-electron chi connectivity index (χ3n) is 4.90. The molecule has 8 nitrogen and oxygen atoms in total. The van der Waals surface area contributed by atoms with Crippen LogP contribution in [0.5, 0.6) is 28.7 Å². The highest BCUT2D eigenvalue weighted by molar-refractivity contribution is 7.74. The summed E-state index contributed by atoms with van der Waals surface area (Å²) in [5, 5.41) is 20.0. The number of carbonyl (C=O) groups is 1. The molecule has 2 unspecified atom stereocenters. The summed E-state index contributed by atoms with van der Waals surface area (Å²) in [6, 6.07) is 13.4. The first-order chi connectivity index (χ1) is 13.9. The molecule has 2 atom stereocenters. The van der Waals surface area contributed by atoms with Crippen molar-refractivity contribution in [3.8, 4) is 28.7 Å². The maximum Gasteiger partial charge on any atom is 0.357 e. The summed E-state index contributed by atoms with van der Waals surface area (Å²) in [5.74, 6) is -0.911. The van der Waals surface area contributed by atoms with Crippen LogP contribution in [-0.2, 0) is 21.7 Å². The molecular weight excluding hydrogens is 400 g/mol. The number of hydrogen-bond acceptors (Lipinski definition) is 7. The van der Waals surface area contributed by atoms with E-state index in [1.807, 2.05) is 0 Å². The SMILES string of the molecule is O=C1OC2(c3ccc(O)cc3Oc3cc(O)cc(OS(=O)O)c32)c2ccccc21. The minimum absolute atomic E-state index is 0.0491. The third-order valence-corrected chi connectivity index (χ3v) is 5.22. The lowest BCUT2D eigenvalue weighted by Crippen LogP contribution is -2.33. The zero-order chi connectivity index (χ0) is 20.3. The number of carbonyl (C=O) groups excluding carboxylic acids is 1. The third kappa shape index (κ3) is 2.41. The maximum atomic E-state index is 12.7. The van der Waals surface area contributed by atoms with Gasteiger partial charge in [0.1, 0.15) is 23.0 Å². The molecule has 1 spiro atoms. The lowest BCUT2D eigenvalue weighted by atomic mass is 9.77. The van der Waals surface area contributed by atoms with E-state index < -0.39 is 22.9 Å². The molecule has 0 saturated heterocycles. The number of phenolic OH excluding ortho intramolecular Hbond substituents is 2. The summed E-state index contributed by atoms with van der Waals surface area (Å²) < 4.78 is 37.4. The van der Waals surface area contributed by atoms with E-state index in [0.29, 0.717) is 16.7 Å². The van der Waals surface area contributed by atoms with Gasteiger partial charge in [-0.1, -0.05) is 18.2 Å². The number of fused-ring (bicyclic) bond motifs is 6. The van der Waals surface area contributed by atoms with Crippen molar-refractivity contribution in [2.45, 2.75) is 5.60 Å². The molecule has 0 amide bonds. The fourth-order valence-electron chi connectivity index (χ4n) is 3.89. The second-order valence-corrected chi connectivity index (χ2v) is 7.12. The Hall–Kier alpha value is -3.56. The smallest absolute Gasteiger partial charge is 0.357 e. The van der Waals surface area contributed by atoms with Gasteiger partial charge < -0.3 is 23.9 Å². The molecule has 0 radical (unpaired) electrons. The molecule has 0 bridgehead atoms. The Morgan fingerprint density at radius 3 is 2.48 bits per heavy atom. The first kappa shape index (κ1) is 17.5. The largest absolute Gasteiger partial charge is 0.508 e. The average molecular weight is 412 g/mol. The van der Waals surface area contributed by atoms with Crippen LogP contribution in [0.25, 0.3) is 0 Å². The summed E-state index contributed by atoms with van der Waals surface area (Å²) in [6.45, 7) is 0. The van der Waals surface area contributed by atoms with Crippen LogP contribution in [0.3, 0.4) is 0 Å². The Bertz CT molecular complexity index is 1220. The van der Waals surface area contributed by atoms with Crippen molar-refractivity contribution in [2.75, 3.05) is 0 Å². The number of hydrogen-bond donors (Lipinski definition) is 3. The molecule has 146 valence electrons. The molecular formula is C20H12O8S. The molecule has 0 aliphatic carbocycles. The van der Waals surface area contributed by atoms with Crippen molar-refractivity contribution in [3.05, 3.63) is 76.9 Å². The van der Waals surface area contributed by atoms with E-state index in [0.717, 1.165) is 6.07 Å². The second kappa shape index (κ2) is 5.97. The molecule has 2 aliphatic heterocycles. The summed E-state index contributed by atoms with van der Waals surface area (Å²) in [5.41, 5.74) is -0.244. The Morgan fingerprint density at radius 1 is 0.931 bits per heavy atom. The average Bonchev–Trinajstić information content (AvgIpc) is 2.94. The van der Waals surface area contributed by atoms with E-state index in [1.54, 1.807) is 24.3 Å². The molecule has 0 saturated carbocycles. The number of benzene rings is 3. The van der Waals surface area contributed by atoms with E-state index in [-0.39, 0.29) is 34.3 Å². The van der Waals surface area contributed by atoms with Crippen molar-refractivity contribution in [3.63, 3.8) is 0 Å². The van der Waals surface area contributed by atoms with Gasteiger partial charge in [-0.2, -0.15) is 4.21 Å². The van der Waals surface area contributed by atoms with Gasteiger partial charge in [-0.25, -0.2) is 4.79 Å². The molecule has 0 fully saturated rings. The van der Waals surface area contributed by atoms with Crippen LogP contribution in [0.2, 0.25) is 0 Å². The highest BCUT2D eigenvalue weighted by Gasteiger charge is 2.55. The van der Waals surface area contributed by atoms with Gasteiger partial charge in [0.25, 0.3) is 0 Å². The first-order valence-electron chi connectivity index (χ1n) is 8.41. The van der Waals surface area contributed by atoms with Crippen molar-refractivity contribution >= 4 is 17.3 Å². The Kier molecular flexibility index (Phi) is 3.61. The molecule has 3 N–H and O–H groups in total. The van der Waals surface area contributed by atoms with Gasteiger partial charge in [-0.05, 0) is 18.2 Å². The molecule has 2 heterocycles. The maximum absolute atomic E-state index is 12.7. The minimum Gasteiger partial charge on any atom is -0.508 e. The van der Waals surface area contributed by atoms with Gasteiger partial charge in [0.15, 0.2) is 11.4 Å². The molecule has 5 rings (SSSR count). The lowest BCUT2D eigenvalue weighted by Gasteiger charge is -2.37. The standard InChI is InChI=1S/C20H12O8S/c21-10-5-6-14-15(7-10)26-16-8-11(22)9-17(28-29(24)25)18(16)20(14)13-4-2-1-3-12(13)19(23)27-20/h1-9,21-22H,(H,24,25). The fourth-order valence-corrected chi connectivity index (χ4v) is 4.17. The quantitative estimate of drug-likeness (QED) is 0.433. The van der Waals surface area contributed by atoms with Crippen LogP contribution in [0, 0.1) is 0 Å². The number of rotatable bonds is 2. The molecule has 9 heteroatoms. The van der Waals surface area contributed by atoms with E-state index in [9.17, 15) is 23.8 Å². The fraction of sp³-hybridized carbons (Fsp3) is 0.0500. The van der Waals surface area contributed by atoms with Gasteiger partial charge in [0.05, 0.1) is 11.1 Å². The number of phenols is 2. The Balaban J connectivity index is 1.92. The number of esters is 1. The molecule has 3 aromatic rings. The van der Waals surface area contributed by atoms with Crippen LogP contribution in [-0.4, -0.2) is 24.9 Å². The summed E-state index contributed by atoms with van der Waals surface area (Å²) in [6.07, 6.45) is 0. The highest BCUT2D eigenvalue weighted by atomic mass is 32.2. The first-order valence-corrected chi connectivity index (χ1v) is 9.44. The highest BCUT2D eigenvalue weighted by Crippen LogP contribution is 2.59. The predicted molar refractivity (Wildman–Crippen MR) is 99.4 cm³/mol. The summed E-state index contributed by atoms with van der Waals surface area (Å²) in [4.78, 5) is 12.7. The topological polar surface area (TPSA) is 123 Å². The predicted octanol–water partition coefficient (Wildman–Crippen LogP) is 3.18. The van der Waals surface area contributed by atoms with Crippen LogP contribution in [0.4, 0.5) is 0 Å². The Labute approximate surface area is 166 Å². The van der Waals surface area contributed by atoms with Gasteiger partial charge in [-0.15, -0.1) is 0 Å². The normalized spacial score (nSPS) is 19.6. The van der Waals surface area contributed by atoms with Gasteiger partial charge in [-0.3, -0.25) is 4.55 Å². The van der Waals surface area contributed by atoms with E-state index >= 15 is 0 Å². The number of aromatic hydroxyl groups is 2. The van der Waals surface area contributed by atoms with E-state index in [2.05, 4.69) is 0 Å². The van der Waals surface area contributed by atoms with Crippen LogP contribution in [0.15, 0.2) is 54.6 Å².